The van der Waals surface area contributed by atoms with Gasteiger partial charge < -0.3 is 15.4 Å². The van der Waals surface area contributed by atoms with Gasteiger partial charge >= 0.3 is 5.97 Å². The van der Waals surface area contributed by atoms with Gasteiger partial charge in [0.2, 0.25) is 5.91 Å². The topological polar surface area (TPSA) is 84.5 Å². The average molecular weight is 455 g/mol. The van der Waals surface area contributed by atoms with Gasteiger partial charge in [0.1, 0.15) is 0 Å². The molecule has 2 N–H and O–H groups in total. The standard InChI is InChI=1S/C25H30N2O4S/c1-17-11-13-19(14-12-17)26-24(29)16-32-22-10-6-4-8-20(22)25(30)31-15-23(28)27-21-9-5-3-7-18(21)2/h4,6,8,10-14,18,21H,3,5,7,9,15-16H2,1-2H3,(H,26,29)(H,27,28). The summed E-state index contributed by atoms with van der Waals surface area (Å²) < 4.78 is 5.26. The number of thioether (sulfide) groups is 1. The van der Waals surface area contributed by atoms with Crippen LogP contribution in [0.5, 0.6) is 0 Å². The molecule has 7 heteroatoms. The van der Waals surface area contributed by atoms with Crippen molar-refractivity contribution in [3.63, 3.8) is 0 Å². The molecule has 170 valence electrons. The molecule has 1 saturated carbocycles. The lowest BCUT2D eigenvalue weighted by atomic mass is 9.86. The number of rotatable bonds is 8. The van der Waals surface area contributed by atoms with Crippen LogP contribution in [-0.4, -0.2) is 36.2 Å². The molecule has 3 rings (SSSR count). The Morgan fingerprint density at radius 3 is 2.47 bits per heavy atom. The van der Waals surface area contributed by atoms with Crippen molar-refractivity contribution in [2.45, 2.75) is 50.5 Å². The molecule has 0 radical (unpaired) electrons. The minimum absolute atomic E-state index is 0.143. The zero-order chi connectivity index (χ0) is 22.9. The minimum Gasteiger partial charge on any atom is -0.452 e. The van der Waals surface area contributed by atoms with Crippen molar-refractivity contribution < 1.29 is 19.1 Å². The summed E-state index contributed by atoms with van der Waals surface area (Å²) in [5, 5.41) is 5.82. The highest BCUT2D eigenvalue weighted by Crippen LogP contribution is 2.25. The molecule has 1 aliphatic carbocycles. The van der Waals surface area contributed by atoms with Crippen LogP contribution in [0.1, 0.15) is 48.5 Å². The number of anilines is 1. The number of amides is 2. The molecule has 1 aliphatic rings. The number of esters is 1. The summed E-state index contributed by atoms with van der Waals surface area (Å²) in [5.74, 6) is -0.425. The van der Waals surface area contributed by atoms with E-state index < -0.39 is 5.97 Å². The molecule has 0 aromatic heterocycles. The smallest absolute Gasteiger partial charge is 0.339 e. The highest BCUT2D eigenvalue weighted by molar-refractivity contribution is 8.00. The largest absolute Gasteiger partial charge is 0.452 e. The fourth-order valence-electron chi connectivity index (χ4n) is 3.73. The Kier molecular flexibility index (Phi) is 8.73. The zero-order valence-electron chi connectivity index (χ0n) is 18.6. The third kappa shape index (κ3) is 7.12. The third-order valence-corrected chi connectivity index (χ3v) is 6.67. The highest BCUT2D eigenvalue weighted by atomic mass is 32.2. The lowest BCUT2D eigenvalue weighted by Crippen LogP contribution is -2.42. The van der Waals surface area contributed by atoms with Crippen LogP contribution in [0.15, 0.2) is 53.4 Å². The van der Waals surface area contributed by atoms with Crippen LogP contribution in [0.2, 0.25) is 0 Å². The van der Waals surface area contributed by atoms with Gasteiger partial charge in [0.25, 0.3) is 5.91 Å². The molecule has 2 aromatic carbocycles. The molecular formula is C25H30N2O4S. The number of nitrogens with one attached hydrogen (secondary N) is 2. The van der Waals surface area contributed by atoms with Crippen molar-refractivity contribution in [3.8, 4) is 0 Å². The van der Waals surface area contributed by atoms with E-state index in [-0.39, 0.29) is 30.2 Å². The summed E-state index contributed by atoms with van der Waals surface area (Å²) in [5.41, 5.74) is 2.19. The van der Waals surface area contributed by atoms with Crippen molar-refractivity contribution >= 4 is 35.2 Å². The zero-order valence-corrected chi connectivity index (χ0v) is 19.4. The van der Waals surface area contributed by atoms with Crippen molar-refractivity contribution in [1.82, 2.24) is 5.32 Å². The van der Waals surface area contributed by atoms with E-state index >= 15 is 0 Å². The monoisotopic (exact) mass is 454 g/mol. The molecule has 0 aliphatic heterocycles. The van der Waals surface area contributed by atoms with Crippen LogP contribution in [0, 0.1) is 12.8 Å². The Labute approximate surface area is 193 Å². The second-order valence-electron chi connectivity index (χ2n) is 8.21. The van der Waals surface area contributed by atoms with Crippen LogP contribution < -0.4 is 10.6 Å². The van der Waals surface area contributed by atoms with Gasteiger partial charge in [-0.05, 0) is 49.9 Å². The number of carbonyl (C=O) groups is 3. The third-order valence-electron chi connectivity index (χ3n) is 5.59. The molecule has 1 fully saturated rings. The van der Waals surface area contributed by atoms with Gasteiger partial charge in [-0.1, -0.05) is 49.6 Å². The van der Waals surface area contributed by atoms with Crippen molar-refractivity contribution in [1.29, 1.82) is 0 Å². The molecule has 32 heavy (non-hydrogen) atoms. The van der Waals surface area contributed by atoms with Crippen LogP contribution in [0.4, 0.5) is 5.69 Å². The maximum Gasteiger partial charge on any atom is 0.339 e. The minimum atomic E-state index is -0.570. The summed E-state index contributed by atoms with van der Waals surface area (Å²) in [6.07, 6.45) is 4.37. The lowest BCUT2D eigenvalue weighted by Gasteiger charge is -2.29. The molecule has 2 aromatic rings. The summed E-state index contributed by atoms with van der Waals surface area (Å²) in [6.45, 7) is 3.81. The predicted molar refractivity (Wildman–Crippen MR) is 127 cm³/mol. The van der Waals surface area contributed by atoms with E-state index in [0.717, 1.165) is 30.5 Å². The SMILES string of the molecule is Cc1ccc(NC(=O)CSc2ccccc2C(=O)OCC(=O)NC2CCCCC2C)cc1. The molecule has 6 nitrogen and oxygen atoms in total. The first-order valence-corrected chi connectivity index (χ1v) is 12.0. The molecule has 2 atom stereocenters. The lowest BCUT2D eigenvalue weighted by molar-refractivity contribution is -0.125. The van der Waals surface area contributed by atoms with Crippen LogP contribution in [-0.2, 0) is 14.3 Å². The summed E-state index contributed by atoms with van der Waals surface area (Å²) in [6, 6.07) is 14.6. The second-order valence-corrected chi connectivity index (χ2v) is 9.23. The first kappa shape index (κ1) is 23.9. The van der Waals surface area contributed by atoms with Crippen molar-refractivity contribution in [3.05, 3.63) is 59.7 Å². The summed E-state index contributed by atoms with van der Waals surface area (Å²) >= 11 is 1.26. The number of aryl methyl sites for hydroxylation is 1. The Morgan fingerprint density at radius 1 is 1.00 bits per heavy atom. The van der Waals surface area contributed by atoms with E-state index in [2.05, 4.69) is 17.6 Å². The summed E-state index contributed by atoms with van der Waals surface area (Å²) in [7, 11) is 0. The molecular weight excluding hydrogens is 424 g/mol. The molecule has 0 heterocycles. The van der Waals surface area contributed by atoms with Gasteiger partial charge in [-0.15, -0.1) is 11.8 Å². The van der Waals surface area contributed by atoms with Gasteiger partial charge in [0.05, 0.1) is 11.3 Å². The van der Waals surface area contributed by atoms with Crippen LogP contribution >= 0.6 is 11.8 Å². The quantitative estimate of drug-likeness (QED) is 0.451. The normalized spacial score (nSPS) is 17.9. The Bertz CT molecular complexity index is 945. The van der Waals surface area contributed by atoms with E-state index in [0.29, 0.717) is 16.4 Å². The summed E-state index contributed by atoms with van der Waals surface area (Å²) in [4.78, 5) is 37.7. The molecule has 2 amide bonds. The van der Waals surface area contributed by atoms with Crippen molar-refractivity contribution in [2.24, 2.45) is 5.92 Å². The molecule has 0 bridgehead atoms. The molecule has 2 unspecified atom stereocenters. The van der Waals surface area contributed by atoms with Gasteiger partial charge in [-0.2, -0.15) is 0 Å². The highest BCUT2D eigenvalue weighted by Gasteiger charge is 2.23. The van der Waals surface area contributed by atoms with Crippen molar-refractivity contribution in [2.75, 3.05) is 17.7 Å². The van der Waals surface area contributed by atoms with Gasteiger partial charge in [0.15, 0.2) is 6.61 Å². The van der Waals surface area contributed by atoms with Gasteiger partial charge in [-0.25, -0.2) is 4.79 Å². The first-order valence-electron chi connectivity index (χ1n) is 11.0. The fourth-order valence-corrected chi connectivity index (χ4v) is 4.57. The van der Waals surface area contributed by atoms with Crippen LogP contribution in [0.25, 0.3) is 0 Å². The fraction of sp³-hybridized carbons (Fsp3) is 0.400. The number of ether oxygens (including phenoxy) is 1. The van der Waals surface area contributed by atoms with E-state index in [4.69, 9.17) is 4.74 Å². The Morgan fingerprint density at radius 2 is 1.72 bits per heavy atom. The number of hydrogen-bond donors (Lipinski definition) is 2. The average Bonchev–Trinajstić information content (AvgIpc) is 2.79. The Balaban J connectivity index is 1.50. The van der Waals surface area contributed by atoms with E-state index in [1.54, 1.807) is 24.3 Å². The van der Waals surface area contributed by atoms with E-state index in [1.165, 1.54) is 18.2 Å². The van der Waals surface area contributed by atoms with Crippen LogP contribution in [0.3, 0.4) is 0 Å². The molecule has 0 spiro atoms. The number of benzene rings is 2. The maximum absolute atomic E-state index is 12.6. The maximum atomic E-state index is 12.6. The Hall–Kier alpha value is -2.80. The molecule has 0 saturated heterocycles. The number of carbonyl (C=O) groups excluding carboxylic acids is 3. The number of hydrogen-bond acceptors (Lipinski definition) is 5. The van der Waals surface area contributed by atoms with Gasteiger partial charge in [-0.3, -0.25) is 9.59 Å². The second kappa shape index (κ2) is 11.7. The first-order chi connectivity index (χ1) is 15.4. The predicted octanol–water partition coefficient (Wildman–Crippen LogP) is 4.58. The van der Waals surface area contributed by atoms with E-state index in [9.17, 15) is 14.4 Å². The van der Waals surface area contributed by atoms with Gasteiger partial charge in [0, 0.05) is 16.6 Å². The van der Waals surface area contributed by atoms with E-state index in [1.807, 2.05) is 31.2 Å².